The van der Waals surface area contributed by atoms with Gasteiger partial charge in [0.15, 0.2) is 25.0 Å². The Balaban J connectivity index is 2.12. The molecule has 0 aliphatic heterocycles. The predicted octanol–water partition coefficient (Wildman–Crippen LogP) is 0.346. The first kappa shape index (κ1) is 17.6. The predicted molar refractivity (Wildman–Crippen MR) is 106 cm³/mol. The number of benzene rings is 1. The number of halogens is 1. The third kappa shape index (κ3) is 3.05. The lowest BCUT2D eigenvalue weighted by molar-refractivity contribution is 0.322. The molecule has 25 heavy (non-hydrogen) atoms. The molecule has 0 fully saturated rings. The molecule has 0 unspecified atom stereocenters. The first-order chi connectivity index (χ1) is 12.0. The molecule has 8 nitrogen and oxygen atoms in total. The van der Waals surface area contributed by atoms with Crippen LogP contribution in [0.2, 0.25) is 0 Å². The van der Waals surface area contributed by atoms with Gasteiger partial charge in [0.2, 0.25) is 11.7 Å². The first-order valence-corrected chi connectivity index (χ1v) is 8.50. The number of nitrogen functional groups attached to an aromatic ring is 1. The second-order valence-corrected chi connectivity index (χ2v) is 6.41. The van der Waals surface area contributed by atoms with E-state index in [0.29, 0.717) is 29.4 Å². The lowest BCUT2D eigenvalue weighted by Gasteiger charge is -2.17. The molecule has 0 spiro atoms. The molecule has 0 saturated heterocycles. The van der Waals surface area contributed by atoms with Crippen molar-refractivity contribution in [3.05, 3.63) is 21.5 Å². The maximum Gasteiger partial charge on any atom is 0.221 e. The van der Waals surface area contributed by atoms with Crippen molar-refractivity contribution in [1.82, 2.24) is 19.5 Å². The SMILES string of the molecule is Bc1nc(N)nc2c1ncn2Cc1cc(OC)c(OC)c(OC)c1I. The van der Waals surface area contributed by atoms with Crippen molar-refractivity contribution >= 4 is 53.1 Å². The lowest BCUT2D eigenvalue weighted by Crippen LogP contribution is -2.15. The first-order valence-electron chi connectivity index (χ1n) is 7.42. The Morgan fingerprint density at radius 1 is 1.16 bits per heavy atom. The van der Waals surface area contributed by atoms with Crippen molar-refractivity contribution in [1.29, 1.82) is 0 Å². The van der Waals surface area contributed by atoms with Gasteiger partial charge in [0.05, 0.1) is 37.8 Å². The third-order valence-electron chi connectivity index (χ3n) is 3.84. The minimum absolute atomic E-state index is 0.228. The quantitative estimate of drug-likeness (QED) is 0.440. The van der Waals surface area contributed by atoms with Crippen LogP contribution in [0.25, 0.3) is 11.2 Å². The number of hydrogen-bond acceptors (Lipinski definition) is 7. The molecule has 0 aliphatic carbocycles. The normalized spacial score (nSPS) is 10.9. The second-order valence-electron chi connectivity index (χ2n) is 5.33. The van der Waals surface area contributed by atoms with Gasteiger partial charge in [-0.05, 0) is 34.2 Å². The molecular weight excluding hydrogens is 436 g/mol. The average Bonchev–Trinajstić information content (AvgIpc) is 2.99. The maximum atomic E-state index is 5.78. The van der Waals surface area contributed by atoms with E-state index in [1.807, 2.05) is 18.5 Å². The number of hydrogen-bond donors (Lipinski definition) is 1. The molecule has 2 heterocycles. The van der Waals surface area contributed by atoms with Crippen LogP contribution in [-0.4, -0.2) is 48.7 Å². The van der Waals surface area contributed by atoms with Crippen molar-refractivity contribution in [2.75, 3.05) is 27.1 Å². The van der Waals surface area contributed by atoms with E-state index in [9.17, 15) is 0 Å². The monoisotopic (exact) mass is 453 g/mol. The summed E-state index contributed by atoms with van der Waals surface area (Å²) in [6.45, 7) is 0.529. The summed E-state index contributed by atoms with van der Waals surface area (Å²) in [5.74, 6) is 2.03. The van der Waals surface area contributed by atoms with E-state index in [4.69, 9.17) is 19.9 Å². The smallest absolute Gasteiger partial charge is 0.221 e. The molecule has 0 bridgehead atoms. The van der Waals surface area contributed by atoms with E-state index in [-0.39, 0.29) is 5.95 Å². The number of nitrogens with zero attached hydrogens (tertiary/aromatic N) is 4. The molecule has 0 aliphatic rings. The van der Waals surface area contributed by atoms with Crippen LogP contribution >= 0.6 is 22.6 Å². The Bertz CT molecular complexity index is 947. The van der Waals surface area contributed by atoms with Gasteiger partial charge in [0.1, 0.15) is 5.52 Å². The van der Waals surface area contributed by atoms with Crippen molar-refractivity contribution in [2.24, 2.45) is 0 Å². The molecule has 2 N–H and O–H groups in total. The zero-order chi connectivity index (χ0) is 18.1. The van der Waals surface area contributed by atoms with Gasteiger partial charge in [-0.15, -0.1) is 0 Å². The summed E-state index contributed by atoms with van der Waals surface area (Å²) in [6, 6.07) is 1.92. The molecule has 0 amide bonds. The molecule has 0 atom stereocenters. The van der Waals surface area contributed by atoms with Gasteiger partial charge in [0, 0.05) is 5.59 Å². The standard InChI is InChI=1S/C15H17BIN5O3/c1-23-8-4-7(9(17)12(25-3)11(8)24-2)5-22-6-19-10-13(16)20-15(18)21-14(10)22/h4,6H,5,16H2,1-3H3,(H2,18,20,21). The van der Waals surface area contributed by atoms with Crippen LogP contribution in [0.5, 0.6) is 17.2 Å². The van der Waals surface area contributed by atoms with Crippen molar-refractivity contribution < 1.29 is 14.2 Å². The fraction of sp³-hybridized carbons (Fsp3) is 0.267. The Labute approximate surface area is 159 Å². The summed E-state index contributed by atoms with van der Waals surface area (Å²) in [7, 11) is 6.65. The van der Waals surface area contributed by atoms with Gasteiger partial charge in [-0.25, -0.2) is 9.97 Å². The van der Waals surface area contributed by atoms with Crippen LogP contribution in [-0.2, 0) is 6.54 Å². The van der Waals surface area contributed by atoms with E-state index in [1.54, 1.807) is 27.7 Å². The Kier molecular flexibility index (Phi) is 4.88. The highest BCUT2D eigenvalue weighted by Crippen LogP contribution is 2.42. The zero-order valence-electron chi connectivity index (χ0n) is 14.3. The topological polar surface area (TPSA) is 97.3 Å². The minimum Gasteiger partial charge on any atom is -0.493 e. The van der Waals surface area contributed by atoms with Crippen molar-refractivity contribution in [3.8, 4) is 17.2 Å². The molecule has 3 rings (SSSR count). The molecule has 10 heteroatoms. The van der Waals surface area contributed by atoms with E-state index in [2.05, 4.69) is 37.5 Å². The molecule has 1 aromatic carbocycles. The fourth-order valence-corrected chi connectivity index (χ4v) is 3.48. The Morgan fingerprint density at radius 3 is 2.52 bits per heavy atom. The number of methoxy groups -OCH3 is 3. The van der Waals surface area contributed by atoms with Gasteiger partial charge in [-0.1, -0.05) is 0 Å². The number of fused-ring (bicyclic) bond motifs is 1. The van der Waals surface area contributed by atoms with E-state index < -0.39 is 0 Å². The third-order valence-corrected chi connectivity index (χ3v) is 5.02. The highest BCUT2D eigenvalue weighted by molar-refractivity contribution is 14.1. The summed E-state index contributed by atoms with van der Waals surface area (Å²) in [5, 5.41) is 0. The zero-order valence-corrected chi connectivity index (χ0v) is 16.5. The number of rotatable bonds is 5. The van der Waals surface area contributed by atoms with Crippen LogP contribution in [0.3, 0.4) is 0 Å². The number of aromatic nitrogens is 4. The highest BCUT2D eigenvalue weighted by atomic mass is 127. The molecule has 0 radical (unpaired) electrons. The second kappa shape index (κ2) is 6.94. The van der Waals surface area contributed by atoms with Crippen LogP contribution < -0.4 is 25.5 Å². The summed E-state index contributed by atoms with van der Waals surface area (Å²) in [5.41, 5.74) is 8.95. The molecular formula is C15H17BIN5O3. The van der Waals surface area contributed by atoms with Gasteiger partial charge in [0.25, 0.3) is 0 Å². The average molecular weight is 453 g/mol. The van der Waals surface area contributed by atoms with Gasteiger partial charge in [-0.3, -0.25) is 0 Å². The number of nitrogens with two attached hydrogens (primary N) is 1. The molecule has 3 aromatic rings. The Hall–Kier alpha value is -2.24. The van der Waals surface area contributed by atoms with Crippen molar-refractivity contribution in [3.63, 3.8) is 0 Å². The van der Waals surface area contributed by atoms with E-state index in [1.165, 1.54) is 0 Å². The van der Waals surface area contributed by atoms with Crippen molar-refractivity contribution in [2.45, 2.75) is 6.54 Å². The van der Waals surface area contributed by atoms with E-state index in [0.717, 1.165) is 20.2 Å². The fourth-order valence-electron chi connectivity index (χ4n) is 2.69. The van der Waals surface area contributed by atoms with Gasteiger partial charge in [-0.2, -0.15) is 4.98 Å². The molecule has 130 valence electrons. The van der Waals surface area contributed by atoms with Crippen LogP contribution in [0, 0.1) is 3.57 Å². The lowest BCUT2D eigenvalue weighted by atomic mass is 10.0. The van der Waals surface area contributed by atoms with Crippen LogP contribution in [0.4, 0.5) is 5.95 Å². The number of anilines is 1. The summed E-state index contributed by atoms with van der Waals surface area (Å²) in [4.78, 5) is 12.9. The number of imidazole rings is 1. The van der Waals surface area contributed by atoms with Crippen LogP contribution in [0.15, 0.2) is 12.4 Å². The minimum atomic E-state index is 0.228. The number of ether oxygens (including phenoxy) is 3. The maximum absolute atomic E-state index is 5.78. The van der Waals surface area contributed by atoms with E-state index >= 15 is 0 Å². The highest BCUT2D eigenvalue weighted by Gasteiger charge is 2.20. The summed E-state index contributed by atoms with van der Waals surface area (Å²) in [6.07, 6.45) is 1.73. The Morgan fingerprint density at radius 2 is 1.88 bits per heavy atom. The summed E-state index contributed by atoms with van der Waals surface area (Å²) >= 11 is 2.23. The molecule has 0 saturated carbocycles. The largest absolute Gasteiger partial charge is 0.493 e. The van der Waals surface area contributed by atoms with Crippen LogP contribution in [0.1, 0.15) is 5.56 Å². The van der Waals surface area contributed by atoms with Gasteiger partial charge < -0.3 is 24.5 Å². The summed E-state index contributed by atoms with van der Waals surface area (Å²) < 4.78 is 19.2. The van der Waals surface area contributed by atoms with Gasteiger partial charge >= 0.3 is 0 Å². The molecule has 2 aromatic heterocycles.